The molecule has 0 bridgehead atoms. The maximum Gasteiger partial charge on any atom is 0.266 e. The molecule has 0 fully saturated rings. The molecule has 10 heavy (non-hydrogen) atoms. The first-order chi connectivity index (χ1) is 4.66. The van der Waals surface area contributed by atoms with E-state index in [1.165, 1.54) is 0 Å². The number of nitrogens with one attached hydrogen (secondary N) is 1. The molecule has 0 amide bonds. The van der Waals surface area contributed by atoms with Crippen molar-refractivity contribution in [3.8, 4) is 0 Å². The van der Waals surface area contributed by atoms with Crippen molar-refractivity contribution in [1.29, 1.82) is 0 Å². The summed E-state index contributed by atoms with van der Waals surface area (Å²) in [6, 6.07) is 0. The molecular formula is C4H10N4O2. The Morgan fingerprint density at radius 1 is 1.90 bits per heavy atom. The number of hydrazone groups is 1. The van der Waals surface area contributed by atoms with E-state index in [2.05, 4.69) is 10.4 Å². The van der Waals surface area contributed by atoms with E-state index in [-0.39, 0.29) is 5.96 Å². The lowest BCUT2D eigenvalue weighted by molar-refractivity contribution is -0.485. The quantitative estimate of drug-likeness (QED) is 0.243. The van der Waals surface area contributed by atoms with Gasteiger partial charge in [-0.15, -0.1) is 0 Å². The minimum absolute atomic E-state index is 0.146. The predicted octanol–water partition coefficient (Wildman–Crippen LogP) is -0.508. The highest BCUT2D eigenvalue weighted by Crippen LogP contribution is 1.71. The first-order valence-electron chi connectivity index (χ1n) is 2.89. The van der Waals surface area contributed by atoms with Crippen molar-refractivity contribution in [3.05, 3.63) is 10.1 Å². The minimum Gasteiger partial charge on any atom is -0.365 e. The van der Waals surface area contributed by atoms with E-state index in [1.807, 2.05) is 6.92 Å². The topological polar surface area (TPSA) is 93.5 Å². The van der Waals surface area contributed by atoms with Gasteiger partial charge in [-0.1, -0.05) is 6.92 Å². The van der Waals surface area contributed by atoms with Gasteiger partial charge in [-0.3, -0.25) is 0 Å². The van der Waals surface area contributed by atoms with Gasteiger partial charge in [-0.25, -0.2) is 10.1 Å². The van der Waals surface area contributed by atoms with Crippen LogP contribution in [0.25, 0.3) is 0 Å². The van der Waals surface area contributed by atoms with Crippen LogP contribution in [-0.2, 0) is 0 Å². The number of rotatable bonds is 3. The van der Waals surface area contributed by atoms with Crippen LogP contribution < -0.4 is 11.1 Å². The van der Waals surface area contributed by atoms with Crippen LogP contribution in [0.5, 0.6) is 0 Å². The van der Waals surface area contributed by atoms with Crippen LogP contribution in [-0.4, -0.2) is 17.5 Å². The van der Waals surface area contributed by atoms with E-state index < -0.39 is 5.03 Å². The van der Waals surface area contributed by atoms with Gasteiger partial charge in [-0.2, -0.15) is 0 Å². The van der Waals surface area contributed by atoms with E-state index in [9.17, 15) is 10.1 Å². The van der Waals surface area contributed by atoms with Crippen LogP contribution in [0.2, 0.25) is 0 Å². The van der Waals surface area contributed by atoms with E-state index in [0.29, 0.717) is 6.54 Å². The molecule has 0 spiro atoms. The first-order valence-corrected chi connectivity index (χ1v) is 2.89. The van der Waals surface area contributed by atoms with Gasteiger partial charge in [0, 0.05) is 6.54 Å². The summed E-state index contributed by atoms with van der Waals surface area (Å²) in [5, 5.41) is 14.2. The Morgan fingerprint density at radius 3 is 2.90 bits per heavy atom. The summed E-state index contributed by atoms with van der Waals surface area (Å²) in [6.45, 7) is 2.52. The molecule has 0 atom stereocenters. The van der Waals surface area contributed by atoms with Crippen molar-refractivity contribution in [2.24, 2.45) is 10.8 Å². The molecule has 0 radical (unpaired) electrons. The summed E-state index contributed by atoms with van der Waals surface area (Å²) in [4.78, 5) is 9.67. The fraction of sp³-hybridized carbons (Fsp3) is 0.750. The average molecular weight is 146 g/mol. The molecule has 0 aliphatic heterocycles. The van der Waals surface area contributed by atoms with Crippen LogP contribution in [0.15, 0.2) is 5.10 Å². The maximum absolute atomic E-state index is 9.67. The standard InChI is InChI=1S/C4H10N4O2/c1-2-3-6-4(5)7-8(9)10/h2-3H2,1H3,(H3,5,6,7). The number of nitro groups is 1. The molecule has 6 nitrogen and oxygen atoms in total. The zero-order chi connectivity index (χ0) is 7.98. The maximum atomic E-state index is 9.67. The van der Waals surface area contributed by atoms with E-state index in [4.69, 9.17) is 5.73 Å². The molecule has 6 heteroatoms. The summed E-state index contributed by atoms with van der Waals surface area (Å²) in [6.07, 6.45) is 0.855. The number of hydrogen-bond acceptors (Lipinski definition) is 2. The fourth-order valence-corrected chi connectivity index (χ4v) is 0.376. The molecule has 0 aromatic carbocycles. The largest absolute Gasteiger partial charge is 0.365 e. The number of nitrogens with two attached hydrogens (primary N) is 1. The predicted molar refractivity (Wildman–Crippen MR) is 36.9 cm³/mol. The molecule has 0 heterocycles. The number of guanidine groups is 1. The van der Waals surface area contributed by atoms with Gasteiger partial charge in [0.1, 0.15) is 5.10 Å². The van der Waals surface area contributed by atoms with Gasteiger partial charge in [0.05, 0.1) is 0 Å². The monoisotopic (exact) mass is 146 g/mol. The van der Waals surface area contributed by atoms with Gasteiger partial charge in [0.15, 0.2) is 5.03 Å². The number of nitrogens with zero attached hydrogens (tertiary/aromatic N) is 2. The SMILES string of the molecule is CCCN/C(N)=N/[N+](=O)[O-]. The Kier molecular flexibility index (Phi) is 3.94. The molecule has 0 saturated carbocycles. The van der Waals surface area contributed by atoms with E-state index in [0.717, 1.165) is 6.42 Å². The molecule has 0 aromatic rings. The van der Waals surface area contributed by atoms with Gasteiger partial charge in [-0.05, 0) is 6.42 Å². The minimum atomic E-state index is -0.835. The molecular weight excluding hydrogens is 136 g/mol. The van der Waals surface area contributed by atoms with Gasteiger partial charge < -0.3 is 11.1 Å². The van der Waals surface area contributed by atoms with E-state index >= 15 is 0 Å². The summed E-state index contributed by atoms with van der Waals surface area (Å²) in [5.74, 6) is -0.146. The summed E-state index contributed by atoms with van der Waals surface area (Å²) in [5.41, 5.74) is 5.06. The van der Waals surface area contributed by atoms with Gasteiger partial charge in [0.25, 0.3) is 5.96 Å². The van der Waals surface area contributed by atoms with E-state index in [1.54, 1.807) is 0 Å². The second-order valence-corrected chi connectivity index (χ2v) is 1.65. The second kappa shape index (κ2) is 4.54. The smallest absolute Gasteiger partial charge is 0.266 e. The van der Waals surface area contributed by atoms with Crippen LogP contribution >= 0.6 is 0 Å². The second-order valence-electron chi connectivity index (χ2n) is 1.65. The van der Waals surface area contributed by atoms with Gasteiger partial charge >= 0.3 is 0 Å². The third-order valence-electron chi connectivity index (χ3n) is 0.746. The van der Waals surface area contributed by atoms with Crippen molar-refractivity contribution < 1.29 is 5.03 Å². The lowest BCUT2D eigenvalue weighted by Gasteiger charge is -1.96. The lowest BCUT2D eigenvalue weighted by atomic mass is 10.5. The zero-order valence-electron chi connectivity index (χ0n) is 5.70. The number of hydrogen-bond donors (Lipinski definition) is 2. The van der Waals surface area contributed by atoms with Crippen LogP contribution in [0.1, 0.15) is 13.3 Å². The first kappa shape index (κ1) is 8.67. The van der Waals surface area contributed by atoms with Crippen molar-refractivity contribution in [1.82, 2.24) is 5.32 Å². The molecule has 0 aliphatic carbocycles. The van der Waals surface area contributed by atoms with Crippen LogP contribution in [0, 0.1) is 10.1 Å². The normalized spacial score (nSPS) is 11.1. The Morgan fingerprint density at radius 2 is 2.50 bits per heavy atom. The highest BCUT2D eigenvalue weighted by molar-refractivity contribution is 5.76. The molecule has 58 valence electrons. The van der Waals surface area contributed by atoms with Crippen LogP contribution in [0.3, 0.4) is 0 Å². The molecule has 0 unspecified atom stereocenters. The lowest BCUT2D eigenvalue weighted by Crippen LogP contribution is -2.32. The molecule has 0 saturated heterocycles. The average Bonchev–Trinajstić information content (AvgIpc) is 1.82. The summed E-state index contributed by atoms with van der Waals surface area (Å²) < 4.78 is 0. The summed E-state index contributed by atoms with van der Waals surface area (Å²) in [7, 11) is 0. The third kappa shape index (κ3) is 4.82. The molecule has 0 rings (SSSR count). The Bertz CT molecular complexity index is 144. The van der Waals surface area contributed by atoms with Crippen molar-refractivity contribution in [2.75, 3.05) is 6.54 Å². The molecule has 0 aliphatic rings. The fourth-order valence-electron chi connectivity index (χ4n) is 0.376. The van der Waals surface area contributed by atoms with Crippen molar-refractivity contribution >= 4 is 5.96 Å². The van der Waals surface area contributed by atoms with Gasteiger partial charge in [0.2, 0.25) is 0 Å². The highest BCUT2D eigenvalue weighted by Gasteiger charge is 1.94. The molecule has 0 aromatic heterocycles. The zero-order valence-corrected chi connectivity index (χ0v) is 5.70. The highest BCUT2D eigenvalue weighted by atomic mass is 16.7. The Balaban J connectivity index is 3.60. The van der Waals surface area contributed by atoms with Crippen molar-refractivity contribution in [3.63, 3.8) is 0 Å². The Labute approximate surface area is 58.2 Å². The summed E-state index contributed by atoms with van der Waals surface area (Å²) >= 11 is 0. The third-order valence-corrected chi connectivity index (χ3v) is 0.746. The molecule has 3 N–H and O–H groups in total. The van der Waals surface area contributed by atoms with Crippen LogP contribution in [0.4, 0.5) is 0 Å². The van der Waals surface area contributed by atoms with Crippen molar-refractivity contribution in [2.45, 2.75) is 13.3 Å². The Hall–Kier alpha value is -1.33.